The average Bonchev–Trinajstić information content (AvgIpc) is 2.69. The second-order valence-electron chi connectivity index (χ2n) is 5.83. The maximum atomic E-state index is 12.2. The highest BCUT2D eigenvalue weighted by Crippen LogP contribution is 2.26. The van der Waals surface area contributed by atoms with Crippen LogP contribution in [-0.2, 0) is 4.79 Å². The van der Waals surface area contributed by atoms with Crippen LogP contribution in [0, 0.1) is 0 Å². The molecule has 0 N–H and O–H groups in total. The highest BCUT2D eigenvalue weighted by atomic mass is 16.2. The summed E-state index contributed by atoms with van der Waals surface area (Å²) in [6, 6.07) is 6.37. The summed E-state index contributed by atoms with van der Waals surface area (Å²) >= 11 is 0. The Morgan fingerprint density at radius 1 is 1.32 bits per heavy atom. The standard InChI is InChI=1S/C15H21N3O/c1-11(2)13-5-3-6-14(16-13)18-10-12(9-15(18)19)17-7-4-8-17/h3,5-6,11-12H,4,7-10H2,1-2H3. The predicted octanol–water partition coefficient (Wildman–Crippen LogP) is 2.02. The molecule has 102 valence electrons. The molecule has 19 heavy (non-hydrogen) atoms. The fourth-order valence-electron chi connectivity index (χ4n) is 2.77. The van der Waals surface area contributed by atoms with E-state index in [0.29, 0.717) is 18.4 Å². The van der Waals surface area contributed by atoms with Gasteiger partial charge in [0, 0.05) is 24.7 Å². The van der Waals surface area contributed by atoms with E-state index < -0.39 is 0 Å². The Kier molecular flexibility index (Phi) is 3.27. The highest BCUT2D eigenvalue weighted by Gasteiger charge is 2.36. The Balaban J connectivity index is 1.78. The Bertz CT molecular complexity index is 482. The van der Waals surface area contributed by atoms with Gasteiger partial charge in [-0.05, 0) is 37.6 Å². The van der Waals surface area contributed by atoms with Gasteiger partial charge in [-0.25, -0.2) is 4.98 Å². The zero-order valence-electron chi connectivity index (χ0n) is 11.7. The second kappa shape index (κ2) is 4.93. The molecule has 1 aromatic rings. The van der Waals surface area contributed by atoms with Gasteiger partial charge < -0.3 is 0 Å². The van der Waals surface area contributed by atoms with E-state index in [0.717, 1.165) is 31.1 Å². The number of aromatic nitrogens is 1. The van der Waals surface area contributed by atoms with Gasteiger partial charge in [-0.1, -0.05) is 19.9 Å². The van der Waals surface area contributed by atoms with E-state index in [9.17, 15) is 4.79 Å². The lowest BCUT2D eigenvalue weighted by Gasteiger charge is -2.35. The molecule has 3 heterocycles. The first-order valence-corrected chi connectivity index (χ1v) is 7.16. The van der Waals surface area contributed by atoms with Crippen molar-refractivity contribution in [1.29, 1.82) is 0 Å². The van der Waals surface area contributed by atoms with Crippen molar-refractivity contribution in [3.63, 3.8) is 0 Å². The summed E-state index contributed by atoms with van der Waals surface area (Å²) in [6.45, 7) is 7.34. The first-order chi connectivity index (χ1) is 9.15. The van der Waals surface area contributed by atoms with Gasteiger partial charge in [0.25, 0.3) is 0 Å². The molecule has 0 radical (unpaired) electrons. The molecule has 0 saturated carbocycles. The molecule has 2 aliphatic rings. The number of anilines is 1. The molecular weight excluding hydrogens is 238 g/mol. The molecule has 0 aromatic carbocycles. The lowest BCUT2D eigenvalue weighted by Crippen LogP contribution is -2.46. The van der Waals surface area contributed by atoms with Gasteiger partial charge in [0.05, 0.1) is 0 Å². The maximum absolute atomic E-state index is 12.2. The zero-order valence-corrected chi connectivity index (χ0v) is 11.7. The molecule has 2 fully saturated rings. The van der Waals surface area contributed by atoms with Crippen molar-refractivity contribution in [3.05, 3.63) is 23.9 Å². The van der Waals surface area contributed by atoms with Crippen molar-refractivity contribution >= 4 is 11.7 Å². The van der Waals surface area contributed by atoms with E-state index in [1.54, 1.807) is 0 Å². The third-order valence-electron chi connectivity index (χ3n) is 4.14. The molecule has 1 aromatic heterocycles. The Morgan fingerprint density at radius 2 is 2.11 bits per heavy atom. The Labute approximate surface area is 114 Å². The summed E-state index contributed by atoms with van der Waals surface area (Å²) in [5.41, 5.74) is 1.05. The molecule has 2 saturated heterocycles. The third-order valence-corrected chi connectivity index (χ3v) is 4.14. The molecule has 0 spiro atoms. The van der Waals surface area contributed by atoms with E-state index >= 15 is 0 Å². The van der Waals surface area contributed by atoms with Crippen LogP contribution in [0.4, 0.5) is 5.82 Å². The lowest BCUT2D eigenvalue weighted by molar-refractivity contribution is -0.117. The molecule has 3 rings (SSSR count). The van der Waals surface area contributed by atoms with E-state index in [1.165, 1.54) is 6.42 Å². The predicted molar refractivity (Wildman–Crippen MR) is 75.3 cm³/mol. The van der Waals surface area contributed by atoms with Crippen LogP contribution < -0.4 is 4.90 Å². The van der Waals surface area contributed by atoms with Crippen LogP contribution in [0.25, 0.3) is 0 Å². The van der Waals surface area contributed by atoms with Gasteiger partial charge in [-0.3, -0.25) is 14.6 Å². The van der Waals surface area contributed by atoms with Crippen LogP contribution in [0.3, 0.4) is 0 Å². The average molecular weight is 259 g/mol. The van der Waals surface area contributed by atoms with Crippen molar-refractivity contribution in [2.24, 2.45) is 0 Å². The Hall–Kier alpha value is -1.42. The van der Waals surface area contributed by atoms with Crippen molar-refractivity contribution < 1.29 is 4.79 Å². The van der Waals surface area contributed by atoms with Crippen LogP contribution in [0.2, 0.25) is 0 Å². The van der Waals surface area contributed by atoms with Crippen molar-refractivity contribution in [2.75, 3.05) is 24.5 Å². The molecule has 4 heteroatoms. The number of nitrogens with zero attached hydrogens (tertiary/aromatic N) is 3. The van der Waals surface area contributed by atoms with Crippen molar-refractivity contribution in [3.8, 4) is 0 Å². The smallest absolute Gasteiger partial charge is 0.229 e. The van der Waals surface area contributed by atoms with Crippen LogP contribution in [-0.4, -0.2) is 41.5 Å². The van der Waals surface area contributed by atoms with E-state index in [-0.39, 0.29) is 5.91 Å². The van der Waals surface area contributed by atoms with Crippen LogP contribution in [0.15, 0.2) is 18.2 Å². The van der Waals surface area contributed by atoms with Crippen LogP contribution >= 0.6 is 0 Å². The fourth-order valence-corrected chi connectivity index (χ4v) is 2.77. The van der Waals surface area contributed by atoms with Crippen molar-refractivity contribution in [1.82, 2.24) is 9.88 Å². The minimum Gasteiger partial charge on any atom is -0.298 e. The first-order valence-electron chi connectivity index (χ1n) is 7.16. The largest absolute Gasteiger partial charge is 0.298 e. The number of rotatable bonds is 3. The topological polar surface area (TPSA) is 36.4 Å². The minimum atomic E-state index is 0.213. The second-order valence-corrected chi connectivity index (χ2v) is 5.83. The molecule has 1 amide bonds. The SMILES string of the molecule is CC(C)c1cccc(N2CC(N3CCC3)CC2=O)n1. The van der Waals surface area contributed by atoms with Crippen molar-refractivity contribution in [2.45, 2.75) is 38.6 Å². The summed E-state index contributed by atoms with van der Waals surface area (Å²) in [4.78, 5) is 21.1. The summed E-state index contributed by atoms with van der Waals surface area (Å²) in [5.74, 6) is 1.42. The van der Waals surface area contributed by atoms with Gasteiger partial charge in [-0.15, -0.1) is 0 Å². The van der Waals surface area contributed by atoms with E-state index in [2.05, 4.69) is 23.7 Å². The number of carbonyl (C=O) groups is 1. The molecule has 0 bridgehead atoms. The number of likely N-dealkylation sites (tertiary alicyclic amines) is 1. The summed E-state index contributed by atoms with van der Waals surface area (Å²) in [5, 5.41) is 0. The fraction of sp³-hybridized carbons (Fsp3) is 0.600. The maximum Gasteiger partial charge on any atom is 0.229 e. The van der Waals surface area contributed by atoms with Gasteiger partial charge in [0.1, 0.15) is 5.82 Å². The lowest BCUT2D eigenvalue weighted by atomic mass is 10.1. The molecule has 4 nitrogen and oxygen atoms in total. The number of hydrogen-bond donors (Lipinski definition) is 0. The normalized spacial score (nSPS) is 24.1. The number of pyridine rings is 1. The third kappa shape index (κ3) is 2.37. The van der Waals surface area contributed by atoms with Gasteiger partial charge in [0.2, 0.25) is 5.91 Å². The molecule has 2 aliphatic heterocycles. The molecule has 1 unspecified atom stereocenters. The van der Waals surface area contributed by atoms with E-state index in [4.69, 9.17) is 0 Å². The molecular formula is C15H21N3O. The van der Waals surface area contributed by atoms with Gasteiger partial charge in [0.15, 0.2) is 0 Å². The first kappa shape index (κ1) is 12.6. The monoisotopic (exact) mass is 259 g/mol. The zero-order chi connectivity index (χ0) is 13.4. The minimum absolute atomic E-state index is 0.213. The highest BCUT2D eigenvalue weighted by molar-refractivity contribution is 5.95. The number of hydrogen-bond acceptors (Lipinski definition) is 3. The van der Waals surface area contributed by atoms with Crippen LogP contribution in [0.5, 0.6) is 0 Å². The van der Waals surface area contributed by atoms with Crippen LogP contribution in [0.1, 0.15) is 38.3 Å². The quantitative estimate of drug-likeness (QED) is 0.833. The Morgan fingerprint density at radius 3 is 2.74 bits per heavy atom. The van der Waals surface area contributed by atoms with Gasteiger partial charge in [-0.2, -0.15) is 0 Å². The summed E-state index contributed by atoms with van der Waals surface area (Å²) in [7, 11) is 0. The summed E-state index contributed by atoms with van der Waals surface area (Å²) < 4.78 is 0. The molecule has 0 aliphatic carbocycles. The number of amides is 1. The number of carbonyl (C=O) groups excluding carboxylic acids is 1. The summed E-state index contributed by atoms with van der Waals surface area (Å²) in [6.07, 6.45) is 1.92. The van der Waals surface area contributed by atoms with Gasteiger partial charge >= 0.3 is 0 Å². The molecule has 1 atom stereocenters. The van der Waals surface area contributed by atoms with E-state index in [1.807, 2.05) is 23.1 Å².